The molecule has 0 amide bonds. The number of nitrogens with one attached hydrogen (secondary N) is 1. The molecule has 3 nitrogen and oxygen atoms in total. The summed E-state index contributed by atoms with van der Waals surface area (Å²) in [6.07, 6.45) is 8.55. The zero-order valence-electron chi connectivity index (χ0n) is 13.5. The molecule has 0 radical (unpaired) electrons. The van der Waals surface area contributed by atoms with Crippen molar-refractivity contribution in [3.63, 3.8) is 0 Å². The first-order valence-electron chi connectivity index (χ1n) is 8.64. The predicted octanol–water partition coefficient (Wildman–Crippen LogP) is 3.46. The molecule has 0 bridgehead atoms. The first-order chi connectivity index (χ1) is 10.2. The summed E-state index contributed by atoms with van der Waals surface area (Å²) in [7, 11) is 0. The van der Waals surface area contributed by atoms with Gasteiger partial charge in [-0.3, -0.25) is 0 Å². The van der Waals surface area contributed by atoms with Crippen LogP contribution >= 0.6 is 0 Å². The van der Waals surface area contributed by atoms with Gasteiger partial charge in [-0.2, -0.15) is 0 Å². The Kier molecular flexibility index (Phi) is 4.79. The van der Waals surface area contributed by atoms with Crippen LogP contribution in [0, 0.1) is 11.8 Å². The van der Waals surface area contributed by atoms with Crippen molar-refractivity contribution in [1.82, 2.24) is 10.3 Å². The molecular formula is C18H29N3. The summed E-state index contributed by atoms with van der Waals surface area (Å²) in [5.41, 5.74) is 0. The molecular weight excluding hydrogens is 258 g/mol. The number of anilines is 1. The molecule has 1 aliphatic heterocycles. The van der Waals surface area contributed by atoms with E-state index in [4.69, 9.17) is 0 Å². The topological polar surface area (TPSA) is 28.2 Å². The molecule has 1 aliphatic carbocycles. The number of nitrogens with zero attached hydrogens (tertiary/aromatic N) is 2. The maximum absolute atomic E-state index is 4.47. The molecule has 1 saturated heterocycles. The lowest BCUT2D eigenvalue weighted by atomic mass is 9.79. The average molecular weight is 287 g/mol. The Morgan fingerprint density at radius 3 is 2.62 bits per heavy atom. The summed E-state index contributed by atoms with van der Waals surface area (Å²) < 4.78 is 0. The Morgan fingerprint density at radius 1 is 1.10 bits per heavy atom. The van der Waals surface area contributed by atoms with E-state index >= 15 is 0 Å². The molecule has 1 saturated carbocycles. The van der Waals surface area contributed by atoms with Crippen molar-refractivity contribution in [2.24, 2.45) is 11.8 Å². The fraction of sp³-hybridized carbons (Fsp3) is 0.722. The van der Waals surface area contributed by atoms with Crippen molar-refractivity contribution in [1.29, 1.82) is 0 Å². The number of pyridine rings is 1. The van der Waals surface area contributed by atoms with Gasteiger partial charge >= 0.3 is 0 Å². The molecule has 3 unspecified atom stereocenters. The van der Waals surface area contributed by atoms with Crippen molar-refractivity contribution in [2.45, 2.75) is 58.0 Å². The van der Waals surface area contributed by atoms with Gasteiger partial charge in [-0.15, -0.1) is 0 Å². The van der Waals surface area contributed by atoms with Crippen LogP contribution in [0.5, 0.6) is 0 Å². The quantitative estimate of drug-likeness (QED) is 0.922. The average Bonchev–Trinajstić information content (AvgIpc) is 2.53. The second-order valence-corrected chi connectivity index (χ2v) is 7.12. The molecule has 1 aromatic heterocycles. The predicted molar refractivity (Wildman–Crippen MR) is 88.6 cm³/mol. The van der Waals surface area contributed by atoms with Crippen LogP contribution in [0.4, 0.5) is 5.82 Å². The van der Waals surface area contributed by atoms with E-state index in [0.29, 0.717) is 6.04 Å². The van der Waals surface area contributed by atoms with Gasteiger partial charge < -0.3 is 10.2 Å². The molecule has 1 aromatic rings. The molecule has 0 aromatic carbocycles. The van der Waals surface area contributed by atoms with Gasteiger partial charge in [-0.05, 0) is 49.7 Å². The number of hydrogen-bond acceptors (Lipinski definition) is 3. The number of hydrogen-bond donors (Lipinski definition) is 1. The lowest BCUT2D eigenvalue weighted by Gasteiger charge is -2.39. The highest BCUT2D eigenvalue weighted by Gasteiger charge is 2.28. The first kappa shape index (κ1) is 14.8. The van der Waals surface area contributed by atoms with E-state index in [1.54, 1.807) is 0 Å². The largest absolute Gasteiger partial charge is 0.357 e. The molecule has 3 atom stereocenters. The molecule has 21 heavy (non-hydrogen) atoms. The number of piperidine rings is 1. The molecule has 2 fully saturated rings. The van der Waals surface area contributed by atoms with Crippen LogP contribution in [0.3, 0.4) is 0 Å². The van der Waals surface area contributed by atoms with Crippen molar-refractivity contribution in [3.05, 3.63) is 24.4 Å². The zero-order valence-corrected chi connectivity index (χ0v) is 13.5. The minimum absolute atomic E-state index is 0.697. The molecule has 3 heteroatoms. The monoisotopic (exact) mass is 287 g/mol. The highest BCUT2D eigenvalue weighted by molar-refractivity contribution is 5.38. The Balaban J connectivity index is 1.49. The van der Waals surface area contributed by atoms with Gasteiger partial charge in [0.05, 0.1) is 0 Å². The van der Waals surface area contributed by atoms with Crippen LogP contribution in [0.2, 0.25) is 0 Å². The summed E-state index contributed by atoms with van der Waals surface area (Å²) in [5.74, 6) is 2.87. The Bertz CT molecular complexity index is 425. The van der Waals surface area contributed by atoms with Crippen LogP contribution in [0.25, 0.3) is 0 Å². The lowest BCUT2D eigenvalue weighted by molar-refractivity contribution is 0.204. The minimum atomic E-state index is 0.697. The van der Waals surface area contributed by atoms with Crippen molar-refractivity contribution < 1.29 is 0 Å². The second-order valence-electron chi connectivity index (χ2n) is 7.12. The van der Waals surface area contributed by atoms with E-state index in [-0.39, 0.29) is 0 Å². The third-order valence-corrected chi connectivity index (χ3v) is 5.38. The van der Waals surface area contributed by atoms with E-state index in [9.17, 15) is 0 Å². The molecule has 1 N–H and O–H groups in total. The third kappa shape index (κ3) is 3.76. The number of aromatic nitrogens is 1. The Hall–Kier alpha value is -1.09. The SMILES string of the molecule is CC1CCC(C)C(NC2CCN(c3ccccn3)CC2)C1. The van der Waals surface area contributed by atoms with Gasteiger partial charge in [-0.25, -0.2) is 4.98 Å². The van der Waals surface area contributed by atoms with E-state index in [0.717, 1.165) is 36.8 Å². The van der Waals surface area contributed by atoms with Gasteiger partial charge in [0.15, 0.2) is 0 Å². The summed E-state index contributed by atoms with van der Waals surface area (Å²) in [6, 6.07) is 7.63. The van der Waals surface area contributed by atoms with Crippen LogP contribution < -0.4 is 10.2 Å². The zero-order chi connectivity index (χ0) is 14.7. The maximum atomic E-state index is 4.47. The van der Waals surface area contributed by atoms with Crippen LogP contribution in [0.1, 0.15) is 46.0 Å². The first-order valence-corrected chi connectivity index (χ1v) is 8.64. The van der Waals surface area contributed by atoms with Gasteiger partial charge in [-0.1, -0.05) is 26.3 Å². The summed E-state index contributed by atoms with van der Waals surface area (Å²) >= 11 is 0. The Labute approximate surface area is 129 Å². The van der Waals surface area contributed by atoms with E-state index in [1.807, 2.05) is 12.3 Å². The second kappa shape index (κ2) is 6.78. The van der Waals surface area contributed by atoms with Gasteiger partial charge in [0, 0.05) is 31.4 Å². The number of rotatable bonds is 3. The fourth-order valence-electron chi connectivity index (χ4n) is 3.88. The maximum Gasteiger partial charge on any atom is 0.128 e. The van der Waals surface area contributed by atoms with Gasteiger partial charge in [0.25, 0.3) is 0 Å². The van der Waals surface area contributed by atoms with E-state index in [2.05, 4.69) is 41.2 Å². The minimum Gasteiger partial charge on any atom is -0.357 e. The standard InChI is InChI=1S/C18H29N3/c1-14-6-7-15(2)17(13-14)20-16-8-11-21(12-9-16)18-5-3-4-10-19-18/h3-5,10,14-17,20H,6-9,11-13H2,1-2H3. The van der Waals surface area contributed by atoms with Crippen LogP contribution in [-0.2, 0) is 0 Å². The van der Waals surface area contributed by atoms with E-state index < -0.39 is 0 Å². The van der Waals surface area contributed by atoms with Crippen molar-refractivity contribution >= 4 is 5.82 Å². The van der Waals surface area contributed by atoms with E-state index in [1.165, 1.54) is 32.1 Å². The van der Waals surface area contributed by atoms with Gasteiger partial charge in [0.2, 0.25) is 0 Å². The van der Waals surface area contributed by atoms with Gasteiger partial charge in [0.1, 0.15) is 5.82 Å². The highest BCUT2D eigenvalue weighted by atomic mass is 15.2. The molecule has 3 rings (SSSR count). The Morgan fingerprint density at radius 2 is 1.90 bits per heavy atom. The third-order valence-electron chi connectivity index (χ3n) is 5.38. The summed E-state index contributed by atoms with van der Waals surface area (Å²) in [6.45, 7) is 7.09. The van der Waals surface area contributed by atoms with Crippen LogP contribution in [0.15, 0.2) is 24.4 Å². The van der Waals surface area contributed by atoms with Crippen molar-refractivity contribution in [2.75, 3.05) is 18.0 Å². The molecule has 116 valence electrons. The molecule has 2 heterocycles. The van der Waals surface area contributed by atoms with Crippen LogP contribution in [-0.4, -0.2) is 30.2 Å². The summed E-state index contributed by atoms with van der Waals surface area (Å²) in [4.78, 5) is 6.89. The molecule has 2 aliphatic rings. The fourth-order valence-corrected chi connectivity index (χ4v) is 3.88. The summed E-state index contributed by atoms with van der Waals surface area (Å²) in [5, 5.41) is 3.96. The normalized spacial score (nSPS) is 31.3. The smallest absolute Gasteiger partial charge is 0.128 e. The lowest BCUT2D eigenvalue weighted by Crippen LogP contribution is -2.49. The van der Waals surface area contributed by atoms with Crippen molar-refractivity contribution in [3.8, 4) is 0 Å². The highest BCUT2D eigenvalue weighted by Crippen LogP contribution is 2.29. The molecule has 0 spiro atoms.